The molecule has 2 bridgehead atoms. The number of hydrogen-bond donors (Lipinski definition) is 1. The second-order valence-electron chi connectivity index (χ2n) is 10.5. The molecule has 1 N–H and O–H groups in total. The Morgan fingerprint density at radius 3 is 2.68 bits per heavy atom. The number of unbranched alkanes of at least 4 members (excludes halogenated alkanes) is 2. The van der Waals surface area contributed by atoms with E-state index < -0.39 is 28.7 Å². The number of amides is 2. The van der Waals surface area contributed by atoms with Crippen LogP contribution in [0.2, 0.25) is 0 Å². The van der Waals surface area contributed by atoms with Crippen LogP contribution in [0, 0.1) is 11.8 Å². The van der Waals surface area contributed by atoms with Gasteiger partial charge < -0.3 is 19.6 Å². The molecule has 2 amide bonds. The van der Waals surface area contributed by atoms with Gasteiger partial charge in [0.25, 0.3) is 0 Å². The molecule has 1 aromatic rings. The van der Waals surface area contributed by atoms with Crippen molar-refractivity contribution in [2.24, 2.45) is 11.8 Å². The lowest BCUT2D eigenvalue weighted by molar-refractivity contribution is -0.154. The van der Waals surface area contributed by atoms with Gasteiger partial charge in [0.2, 0.25) is 11.8 Å². The summed E-state index contributed by atoms with van der Waals surface area (Å²) in [4.78, 5) is 45.2. The number of aliphatic hydroxyl groups is 1. The van der Waals surface area contributed by atoms with Crippen LogP contribution in [-0.4, -0.2) is 74.5 Å². The maximum absolute atomic E-state index is 14.4. The first-order valence-electron chi connectivity index (χ1n) is 13.7. The molecule has 6 atom stereocenters. The highest BCUT2D eigenvalue weighted by molar-refractivity contribution is 8.02. The van der Waals surface area contributed by atoms with Crippen molar-refractivity contribution in [2.45, 2.75) is 74.1 Å². The van der Waals surface area contributed by atoms with Gasteiger partial charge in [-0.05, 0) is 44.1 Å². The molecule has 8 heteroatoms. The van der Waals surface area contributed by atoms with Crippen LogP contribution in [0.4, 0.5) is 0 Å². The fraction of sp³-hybridized carbons (Fsp3) is 0.567. The topological polar surface area (TPSA) is 87.2 Å². The first kappa shape index (κ1) is 28.4. The van der Waals surface area contributed by atoms with Crippen molar-refractivity contribution in [2.75, 3.05) is 19.8 Å². The molecule has 0 aromatic heterocycles. The van der Waals surface area contributed by atoms with E-state index in [0.717, 1.165) is 31.2 Å². The molecule has 3 saturated heterocycles. The van der Waals surface area contributed by atoms with Gasteiger partial charge in [-0.15, -0.1) is 24.9 Å². The number of rotatable bonds is 14. The predicted octanol–water partition coefficient (Wildman–Crippen LogP) is 3.96. The third-order valence-corrected chi connectivity index (χ3v) is 10.2. The summed E-state index contributed by atoms with van der Waals surface area (Å²) in [6, 6.07) is 8.52. The van der Waals surface area contributed by atoms with Crippen molar-refractivity contribution in [3.05, 3.63) is 61.2 Å². The Balaban J connectivity index is 1.65. The number of carbonyl (C=O) groups is 3. The number of likely N-dealkylation sites (tertiary alicyclic amines) is 1. The zero-order chi connectivity index (χ0) is 27.3. The smallest absolute Gasteiger partial charge is 0.310 e. The summed E-state index contributed by atoms with van der Waals surface area (Å²) in [6.45, 7) is 10.3. The lowest BCUT2D eigenvalue weighted by Gasteiger charge is -2.39. The fourth-order valence-corrected chi connectivity index (χ4v) is 8.66. The molecule has 3 fully saturated rings. The van der Waals surface area contributed by atoms with Crippen LogP contribution in [0.1, 0.15) is 51.0 Å². The number of esters is 1. The Morgan fingerprint density at radius 2 is 2.03 bits per heavy atom. The van der Waals surface area contributed by atoms with Crippen LogP contribution in [-0.2, 0) is 25.7 Å². The summed E-state index contributed by atoms with van der Waals surface area (Å²) in [5.74, 6) is -1.88. The van der Waals surface area contributed by atoms with Gasteiger partial charge in [-0.3, -0.25) is 14.4 Å². The number of ether oxygens (including phenoxy) is 1. The minimum absolute atomic E-state index is 0.0433. The Bertz CT molecular complexity index is 1030. The molecule has 206 valence electrons. The number of allylic oxidation sites excluding steroid dienone is 1. The number of aliphatic hydroxyl groups excluding tert-OH is 1. The molecule has 1 spiro atoms. The van der Waals surface area contributed by atoms with Crippen LogP contribution in [0.5, 0.6) is 0 Å². The van der Waals surface area contributed by atoms with Gasteiger partial charge in [-0.25, -0.2) is 0 Å². The van der Waals surface area contributed by atoms with Crippen molar-refractivity contribution in [1.29, 1.82) is 0 Å². The molecule has 7 nitrogen and oxygen atoms in total. The number of benzene rings is 1. The van der Waals surface area contributed by atoms with Crippen LogP contribution < -0.4 is 0 Å². The van der Waals surface area contributed by atoms with Gasteiger partial charge in [0.05, 0.1) is 35.8 Å². The largest absolute Gasteiger partial charge is 0.465 e. The first-order valence-corrected chi connectivity index (χ1v) is 14.6. The van der Waals surface area contributed by atoms with Crippen molar-refractivity contribution in [3.8, 4) is 0 Å². The second kappa shape index (κ2) is 12.5. The summed E-state index contributed by atoms with van der Waals surface area (Å²) in [5, 5.41) is 10.2. The SMILES string of the molecule is C=CCCCCOC(=O)[C@@H]1[C@@H]2CCC3(S2)C(C(=O)N(CC=C)Cc2ccccc2)N([C@@H](CC)CO)C(=O)[C@H]13. The zero-order valence-electron chi connectivity index (χ0n) is 22.3. The molecular formula is C30H40N2O5S. The number of carbonyl (C=O) groups excluding carboxylic acids is 3. The number of fused-ring (bicyclic) bond motifs is 1. The quantitative estimate of drug-likeness (QED) is 0.218. The summed E-state index contributed by atoms with van der Waals surface area (Å²) >= 11 is 1.63. The minimum atomic E-state index is -0.749. The number of thioether (sulfide) groups is 1. The Kier molecular flexibility index (Phi) is 9.36. The lowest BCUT2D eigenvalue weighted by Crippen LogP contribution is -2.57. The van der Waals surface area contributed by atoms with E-state index in [4.69, 9.17) is 4.74 Å². The molecule has 0 saturated carbocycles. The summed E-state index contributed by atoms with van der Waals surface area (Å²) in [5.41, 5.74) is 0.989. The molecule has 3 aliphatic heterocycles. The van der Waals surface area contributed by atoms with E-state index in [1.54, 1.807) is 27.6 Å². The maximum Gasteiger partial charge on any atom is 0.310 e. The van der Waals surface area contributed by atoms with Crippen LogP contribution >= 0.6 is 11.8 Å². The average Bonchev–Trinajstić information content (AvgIpc) is 3.57. The number of nitrogens with zero attached hydrogens (tertiary/aromatic N) is 2. The molecule has 3 heterocycles. The van der Waals surface area contributed by atoms with Crippen molar-refractivity contribution >= 4 is 29.5 Å². The van der Waals surface area contributed by atoms with Crippen LogP contribution in [0.25, 0.3) is 0 Å². The monoisotopic (exact) mass is 540 g/mol. The van der Waals surface area contributed by atoms with Gasteiger partial charge in [-0.2, -0.15) is 0 Å². The molecule has 3 aliphatic rings. The normalized spacial score (nSPS) is 28.2. The summed E-state index contributed by atoms with van der Waals surface area (Å²) < 4.78 is 4.97. The van der Waals surface area contributed by atoms with Crippen LogP contribution in [0.15, 0.2) is 55.6 Å². The van der Waals surface area contributed by atoms with Crippen molar-refractivity contribution in [3.63, 3.8) is 0 Å². The molecule has 0 aliphatic carbocycles. The van der Waals surface area contributed by atoms with Crippen LogP contribution in [0.3, 0.4) is 0 Å². The Labute approximate surface area is 230 Å². The lowest BCUT2D eigenvalue weighted by atomic mass is 9.71. The first-order chi connectivity index (χ1) is 18.4. The second-order valence-corrected chi connectivity index (χ2v) is 12.1. The van der Waals surface area contributed by atoms with E-state index in [1.807, 2.05) is 43.3 Å². The summed E-state index contributed by atoms with van der Waals surface area (Å²) in [7, 11) is 0. The van der Waals surface area contributed by atoms with Gasteiger partial charge >= 0.3 is 5.97 Å². The highest BCUT2D eigenvalue weighted by atomic mass is 32.2. The van der Waals surface area contributed by atoms with E-state index >= 15 is 0 Å². The van der Waals surface area contributed by atoms with E-state index in [-0.39, 0.29) is 29.6 Å². The van der Waals surface area contributed by atoms with Gasteiger partial charge in [-0.1, -0.05) is 49.4 Å². The third kappa shape index (κ3) is 5.17. The van der Waals surface area contributed by atoms with E-state index in [9.17, 15) is 19.5 Å². The highest BCUT2D eigenvalue weighted by Crippen LogP contribution is 2.67. The Morgan fingerprint density at radius 1 is 1.26 bits per heavy atom. The Hall–Kier alpha value is -2.58. The molecule has 0 radical (unpaired) electrons. The standard InChI is InChI=1S/C30H40N2O5S/c1-4-7-8-12-18-37-29(36)24-23-15-16-30(38-23)25(24)27(34)32(22(6-3)20-33)26(30)28(35)31(17-5-2)19-21-13-10-9-11-14-21/h4-5,9-11,13-14,22-26,33H,1-2,6-8,12,15-20H2,3H3/t22-,23-,24+,25-,26?,30?/m0/s1. The average molecular weight is 541 g/mol. The fourth-order valence-electron chi connectivity index (χ4n) is 6.47. The van der Waals surface area contributed by atoms with Crippen molar-refractivity contribution in [1.82, 2.24) is 9.80 Å². The molecule has 4 rings (SSSR count). The van der Waals surface area contributed by atoms with E-state index in [0.29, 0.717) is 32.5 Å². The molecule has 2 unspecified atom stereocenters. The van der Waals surface area contributed by atoms with Gasteiger partial charge in [0.1, 0.15) is 6.04 Å². The number of hydrogen-bond acceptors (Lipinski definition) is 6. The summed E-state index contributed by atoms with van der Waals surface area (Å²) in [6.07, 6.45) is 8.02. The third-order valence-electron chi connectivity index (χ3n) is 8.24. The van der Waals surface area contributed by atoms with E-state index in [2.05, 4.69) is 13.2 Å². The van der Waals surface area contributed by atoms with E-state index in [1.165, 1.54) is 0 Å². The zero-order valence-corrected chi connectivity index (χ0v) is 23.1. The van der Waals surface area contributed by atoms with Gasteiger partial charge in [0.15, 0.2) is 0 Å². The molecule has 1 aromatic carbocycles. The van der Waals surface area contributed by atoms with Gasteiger partial charge in [0, 0.05) is 18.3 Å². The molecule has 38 heavy (non-hydrogen) atoms. The predicted molar refractivity (Wildman–Crippen MR) is 149 cm³/mol. The maximum atomic E-state index is 14.4. The minimum Gasteiger partial charge on any atom is -0.465 e. The molecular weight excluding hydrogens is 500 g/mol. The van der Waals surface area contributed by atoms with Crippen molar-refractivity contribution < 1.29 is 24.2 Å². The highest BCUT2D eigenvalue weighted by Gasteiger charge is 2.74.